The van der Waals surface area contributed by atoms with Gasteiger partial charge in [-0.3, -0.25) is 89.9 Å². The summed E-state index contributed by atoms with van der Waals surface area (Å²) in [6, 6.07) is 2.43. The van der Waals surface area contributed by atoms with Crippen LogP contribution >= 0.6 is 23.5 Å². The van der Waals surface area contributed by atoms with Gasteiger partial charge < -0.3 is 108 Å². The lowest BCUT2D eigenvalue weighted by Gasteiger charge is -2.50. The van der Waals surface area contributed by atoms with Crippen molar-refractivity contribution in [3.63, 3.8) is 0 Å². The van der Waals surface area contributed by atoms with Gasteiger partial charge in [0.2, 0.25) is 18.0 Å². The number of primary amides is 1. The number of anilines is 2. The predicted octanol–water partition coefficient (Wildman–Crippen LogP) is 8.04. The predicted molar refractivity (Wildman–Crippen MR) is 571 cm³/mol. The van der Waals surface area contributed by atoms with Crippen LogP contribution in [0, 0.1) is 56.5 Å². The molecule has 22 N–H and O–H groups in total. The quantitative estimate of drug-likeness (QED) is 0.00268. The van der Waals surface area contributed by atoms with Crippen LogP contribution in [0.4, 0.5) is 15.8 Å². The number of aliphatic hydroxyl groups is 3. The molecule has 148 heavy (non-hydrogen) atoms. The Morgan fingerprint density at radius 2 is 1.16 bits per heavy atom. The number of aliphatic carboxylic acids is 1. The zero-order chi connectivity index (χ0) is 110. The third-order valence-corrected chi connectivity index (χ3v) is 30.9. The summed E-state index contributed by atoms with van der Waals surface area (Å²) in [7, 11) is 3.11. The molecule has 7 fully saturated rings. The molecule has 3 unspecified atom stereocenters. The maximum absolute atomic E-state index is 14.6. The van der Waals surface area contributed by atoms with Crippen molar-refractivity contribution in [3.05, 3.63) is 85.9 Å². The highest BCUT2D eigenvalue weighted by Gasteiger charge is 2.67. The number of aromatic carboxylic acids is 1. The number of likely N-dealkylation sites (N-methyl/N-ethyl adjacent to an activating group) is 2. The molecule has 0 bridgehead atoms. The molecule has 0 radical (unpaired) electrons. The molecule has 7 saturated heterocycles. The summed E-state index contributed by atoms with van der Waals surface area (Å²) in [5.74, 6) is -9.13. The lowest BCUT2D eigenvalue weighted by Crippen LogP contribution is -2.65. The number of aromatic hydroxyl groups is 1. The number of aromatic nitrogens is 1. The average Bonchev–Trinajstić information content (AvgIpc) is 1.12. The van der Waals surface area contributed by atoms with Gasteiger partial charge in [0.1, 0.15) is 57.1 Å². The number of nitrogens with zero attached hydrogens (tertiary/aromatic N) is 10. The van der Waals surface area contributed by atoms with E-state index in [-0.39, 0.29) is 81.5 Å². The summed E-state index contributed by atoms with van der Waals surface area (Å²) in [4.78, 5) is 145. The minimum Gasteiger partial charge on any atom is -0.510 e. The molecular weight excluding hydrogens is 1970 g/mol. The number of ketones is 2. The van der Waals surface area contributed by atoms with Crippen LogP contribution in [0.25, 0.3) is 10.9 Å². The molecule has 824 valence electrons. The molecule has 8 heterocycles. The van der Waals surface area contributed by atoms with Crippen molar-refractivity contribution in [1.82, 2.24) is 66.0 Å². The Labute approximate surface area is 874 Å². The number of guanidine groups is 4. The molecule has 7 aliphatic heterocycles. The Morgan fingerprint density at radius 3 is 1.60 bits per heavy atom. The number of piperazine rings is 1. The standard InChI is InChI=1S/C26H56N10.C21H23N3O7.C21H33N3O5S.C16H19FN4O3.C15H23N3O3S.CH4O3S/c1-5-9-15-21(7-3)19-33-25(29)35-23(27)31-17-13-11-12-14-18-32-24(28)36-26(30)34-20-22(8-4)16-10-6-2;1-24(2)14-9-6-8-5-7-3-4-10(22)15(25)11(7)16(26)12(8)18(28)21(9,31)19(29)13(17(14)27)20(23)30;1-20(2,3)19(27)29-13-28-18(26)15-21(4,5)30-17-14(16(25)24(15)17)22-12-23-10-8-6-7-9-11-23;1-18-21-9-11(16(23)24)15(22)10-7-12(17)14(8-13(10)21)20-5-3-19(2)4-6-20;1-15(2)11(14(20)21)18-12(19)10(13(18)22-15)16-9-17-7-5-3-4-6-8-17;1-5(2,3)4/h21-22H,5-20H2,1-4H3,(H5,27,29,31,33,35)(H5,28,30,32,34,36);3-4,8-9,14,25,27-28,31H,5-6,22H2,1-2H3,(H2,23,30);12,14-15,17H,6-11,13H2,1-5H3;7-9,18H,3-6H2,1-2H3,(H,23,24);9-11,13H,3-8H2,1-2H3,(H,20,21);1H3,(H,2,3,4)/b;;22-12+;;16-9+;/t;8-,9-,14-,21-;14-,15?,17-;;10-,11+,13-;/m.01.1./s1. The number of phenolic OH excluding ortho intramolecular Hbond substituents is 1. The van der Waals surface area contributed by atoms with Gasteiger partial charge in [-0.15, -0.1) is 23.5 Å². The number of aliphatic hydroxyl groups excluding tert-OH is 2. The summed E-state index contributed by atoms with van der Waals surface area (Å²) in [5.41, 5.74) is 9.62. The number of hydrogen-bond donors (Lipinski definition) is 20. The number of ether oxygens (including phenoxy) is 2. The number of carbonyl (C=O) groups excluding carboxylic acids is 7. The average molecular weight is 2130 g/mol. The van der Waals surface area contributed by atoms with Crippen molar-refractivity contribution in [1.29, 1.82) is 21.6 Å². The molecule has 12 atom stereocenters. The number of nitrogen functional groups attached to an aromatic ring is 1. The van der Waals surface area contributed by atoms with Crippen molar-refractivity contribution < 1.29 is 101 Å². The SMILES string of the molecule is CC(C)(C)C(=O)OCOC(=O)C1N2C(=O)[C@@H](/N=C/N3CCCCCC3)[C@H]2SC1(C)C.CC1(C)S[C@@H]2[C@H](/N=C/N3CCCCCC3)C(=O)N2[C@H]1C(=O)O.CCCCC(CC)CNC(=N)NC(=N)NCCCCCCNC(=N)NC(=N)NCC(CC)CCCC.CN(C)[C@@H]1C(O)=C(C(N)=O)C(=O)[C@@]2(O)C(O)=C3C(=O)c4c(ccc(N)c4O)C[C@H]3C[C@@H]12.CNn1cc(C(=O)O)c(=O)c2cc(F)c(N3CCN(C)CC3)cc21.CS(=O)(=O)O. The van der Waals surface area contributed by atoms with Crippen molar-refractivity contribution in [2.45, 2.75) is 273 Å². The number of fused-ring (bicyclic) bond motifs is 6. The number of likely N-dealkylation sites (tertiary alicyclic amines) is 2. The number of benzene rings is 2. The number of esters is 2. The van der Waals surface area contributed by atoms with E-state index in [9.17, 15) is 86.3 Å². The summed E-state index contributed by atoms with van der Waals surface area (Å²) < 4.78 is 51.1. The van der Waals surface area contributed by atoms with Crippen LogP contribution < -0.4 is 59.1 Å². The van der Waals surface area contributed by atoms with Crippen molar-refractivity contribution in [3.8, 4) is 5.75 Å². The second-order valence-corrected chi connectivity index (χ2v) is 46.2. The van der Waals surface area contributed by atoms with E-state index in [0.29, 0.717) is 61.0 Å². The van der Waals surface area contributed by atoms with Crippen LogP contribution in [-0.2, 0) is 59.6 Å². The third kappa shape index (κ3) is 31.8. The number of thioether (sulfide) groups is 2. The number of β-lactam (4-membered cyclic amide) rings is 2. The summed E-state index contributed by atoms with van der Waals surface area (Å²) in [6.45, 7) is 31.0. The number of amides is 3. The van der Waals surface area contributed by atoms with Gasteiger partial charge in [0.15, 0.2) is 47.3 Å². The lowest BCUT2D eigenvalue weighted by atomic mass is 9.58. The maximum atomic E-state index is 14.6. The van der Waals surface area contributed by atoms with E-state index in [1.54, 1.807) is 82.5 Å². The first-order valence-corrected chi connectivity index (χ1v) is 54.6. The topological polar surface area (TPSA) is 649 Å². The number of aliphatic imine (C=N–C) groups is 2. The molecule has 3 aliphatic carbocycles. The number of pyridine rings is 1. The lowest BCUT2D eigenvalue weighted by molar-refractivity contribution is -0.180. The minimum absolute atomic E-state index is 0.0247. The number of allylic oxidation sites excluding steroid dienone is 1. The van der Waals surface area contributed by atoms with Crippen molar-refractivity contribution >= 4 is 146 Å². The minimum atomic E-state index is -3.67. The first-order chi connectivity index (χ1) is 69.6. The number of carboxylic acids is 2. The van der Waals surface area contributed by atoms with Crippen molar-refractivity contribution in [2.24, 2.45) is 44.8 Å². The van der Waals surface area contributed by atoms with Crippen LogP contribution in [0.3, 0.4) is 0 Å². The first-order valence-electron chi connectivity index (χ1n) is 51.0. The highest BCUT2D eigenvalue weighted by Crippen LogP contribution is 2.55. The fraction of sp³-hybridized carbons (Fsp3) is 0.660. The molecule has 0 spiro atoms. The van der Waals surface area contributed by atoms with E-state index in [1.807, 2.05) is 52.3 Å². The number of carboxylic acid groups (broad SMARTS) is 2. The van der Waals surface area contributed by atoms with Crippen molar-refractivity contribution in [2.75, 3.05) is 136 Å². The molecule has 1 aromatic heterocycles. The second kappa shape index (κ2) is 54.7. The molecule has 10 aliphatic rings. The van der Waals surface area contributed by atoms with Gasteiger partial charge in [-0.1, -0.05) is 111 Å². The van der Waals surface area contributed by atoms with Gasteiger partial charge >= 0.3 is 23.9 Å². The Morgan fingerprint density at radius 1 is 0.689 bits per heavy atom. The number of carbonyl (C=O) groups is 9. The number of Topliss-reactive ketones (excluding diaryl/α,β-unsaturated/α-hetero) is 2. The molecule has 0 saturated carbocycles. The number of phenols is 1. The van der Waals surface area contributed by atoms with Gasteiger partial charge in [-0.05, 0) is 175 Å². The maximum Gasteiger partial charge on any atom is 0.341 e. The smallest absolute Gasteiger partial charge is 0.341 e. The normalized spacial score (nSPS) is 23.2. The van der Waals surface area contributed by atoms with E-state index >= 15 is 0 Å². The largest absolute Gasteiger partial charge is 0.510 e. The Bertz CT molecular complexity index is 5480. The number of halogens is 1. The summed E-state index contributed by atoms with van der Waals surface area (Å²) in [6.07, 6.45) is 28.8. The van der Waals surface area contributed by atoms with Gasteiger partial charge in [0.05, 0.1) is 58.2 Å². The van der Waals surface area contributed by atoms with Gasteiger partial charge in [-0.25, -0.2) is 18.8 Å². The molecule has 3 aromatic rings. The molecule has 3 amide bonds. The van der Waals surface area contributed by atoms with Crippen LogP contribution in [0.5, 0.6) is 5.75 Å². The highest BCUT2D eigenvalue weighted by atomic mass is 32.2. The second-order valence-electron chi connectivity index (χ2n) is 41.2. The fourth-order valence-electron chi connectivity index (χ4n) is 19.5. The number of nitrogens with two attached hydrogens (primary N) is 2. The third-order valence-electron chi connectivity index (χ3n) is 27.8. The van der Waals surface area contributed by atoms with Gasteiger partial charge in [-0.2, -0.15) is 8.42 Å². The summed E-state index contributed by atoms with van der Waals surface area (Å²) in [5, 5.41) is 111. The Kier molecular flexibility index (Phi) is 45.0. The molecule has 48 heteroatoms. The fourth-order valence-corrected chi connectivity index (χ4v) is 22.7. The van der Waals surface area contributed by atoms with Crippen LogP contribution in [-0.4, -0.2) is 343 Å². The van der Waals surface area contributed by atoms with E-state index in [2.05, 4.69) is 89.7 Å². The number of rotatable bonds is 32. The van der Waals surface area contributed by atoms with E-state index in [0.717, 1.165) is 110 Å². The Hall–Kier alpha value is -11.6. The number of nitrogens with one attached hydrogen (secondary N) is 11. The molecular formula is C100H158FN23O21S3. The van der Waals surface area contributed by atoms with Gasteiger partial charge in [0.25, 0.3) is 27.8 Å². The Balaban J connectivity index is 0.000000224. The molecule has 44 nitrogen and oxygen atoms in total. The van der Waals surface area contributed by atoms with Crippen LogP contribution in [0.15, 0.2) is 67.9 Å². The highest BCUT2D eigenvalue weighted by molar-refractivity contribution is 8.02. The molecule has 13 rings (SSSR count). The first kappa shape index (κ1) is 122. The van der Waals surface area contributed by atoms with E-state index in [1.165, 1.54) is 104 Å². The zero-order valence-corrected chi connectivity index (χ0v) is 90.7. The zero-order valence-electron chi connectivity index (χ0n) is 88.2. The van der Waals surface area contributed by atoms with E-state index < -0.39 is 160 Å². The molecule has 2 aromatic carbocycles. The number of unbranched alkanes of at least 4 members (excludes halogenated alkanes) is 5. The summed E-state index contributed by atoms with van der Waals surface area (Å²) >= 11 is 3.11. The van der Waals surface area contributed by atoms with Gasteiger partial charge in [0, 0.05) is 113 Å². The monoisotopic (exact) mass is 2130 g/mol. The number of hydrogen-bond acceptors (Lipinski definition) is 31. The van der Waals surface area contributed by atoms with Crippen LogP contribution in [0.2, 0.25) is 0 Å². The van der Waals surface area contributed by atoms with E-state index in [4.69, 9.17) is 52.2 Å². The van der Waals surface area contributed by atoms with Crippen LogP contribution in [0.1, 0.15) is 237 Å².